The van der Waals surface area contributed by atoms with Crippen molar-refractivity contribution in [2.45, 2.75) is 18.9 Å². The molecule has 0 unspecified atom stereocenters. The van der Waals surface area contributed by atoms with Crippen molar-refractivity contribution in [1.29, 1.82) is 0 Å². The largest absolute Gasteiger partial charge is 0.315 e. The van der Waals surface area contributed by atoms with Gasteiger partial charge in [0.1, 0.15) is 5.84 Å². The number of likely N-dealkylation sites (N-methyl/N-ethyl adjacent to an activating group) is 1. The summed E-state index contributed by atoms with van der Waals surface area (Å²) in [5, 5.41) is 13.5. The molecular formula is C16H21Cl2N5O. The highest BCUT2D eigenvalue weighted by Crippen LogP contribution is 2.28. The Hall–Kier alpha value is -1.34. The van der Waals surface area contributed by atoms with Crippen LogP contribution in [0.1, 0.15) is 12.8 Å². The third-order valence-electron chi connectivity index (χ3n) is 4.34. The first-order chi connectivity index (χ1) is 11.5. The molecule has 0 aliphatic carbocycles. The van der Waals surface area contributed by atoms with Gasteiger partial charge in [0.15, 0.2) is 0 Å². The number of carbonyl (C=O) groups is 1. The molecule has 0 radical (unpaired) electrons. The molecule has 2 N–H and O–H groups in total. The summed E-state index contributed by atoms with van der Waals surface area (Å²) in [7, 11) is 1.98. The van der Waals surface area contributed by atoms with Crippen molar-refractivity contribution in [3.8, 4) is 0 Å². The molecule has 130 valence electrons. The number of hydrogen-bond acceptors (Lipinski definition) is 5. The molecule has 3 rings (SSSR count). The first-order valence-corrected chi connectivity index (χ1v) is 8.79. The van der Waals surface area contributed by atoms with E-state index in [2.05, 4.69) is 20.6 Å². The van der Waals surface area contributed by atoms with Crippen LogP contribution in [0.3, 0.4) is 0 Å². The van der Waals surface area contributed by atoms with Gasteiger partial charge in [-0.05, 0) is 38.2 Å². The number of carbonyl (C=O) groups excluding carboxylic acids is 1. The molecule has 1 atom stereocenters. The smallest absolute Gasteiger partial charge is 0.239 e. The van der Waals surface area contributed by atoms with E-state index in [0.29, 0.717) is 41.4 Å². The van der Waals surface area contributed by atoms with E-state index in [0.717, 1.165) is 25.2 Å². The van der Waals surface area contributed by atoms with Crippen LogP contribution in [0.15, 0.2) is 23.3 Å². The number of amidine groups is 1. The van der Waals surface area contributed by atoms with Crippen LogP contribution in [0.4, 0.5) is 5.69 Å². The fraction of sp³-hybridized carbons (Fsp3) is 0.500. The molecule has 1 fully saturated rings. The third kappa shape index (κ3) is 4.19. The molecule has 0 bridgehead atoms. The highest BCUT2D eigenvalue weighted by Gasteiger charge is 2.23. The van der Waals surface area contributed by atoms with Gasteiger partial charge in [-0.1, -0.05) is 23.2 Å². The number of rotatable bonds is 4. The Kier molecular flexibility index (Phi) is 5.61. The summed E-state index contributed by atoms with van der Waals surface area (Å²) >= 11 is 12.0. The average Bonchev–Trinajstić information content (AvgIpc) is 3.21. The normalized spacial score (nSPS) is 20.6. The third-order valence-corrected chi connectivity index (χ3v) is 5.08. The Bertz CT molecular complexity index is 645. The lowest BCUT2D eigenvalue weighted by Gasteiger charge is -2.22. The molecule has 2 aliphatic rings. The van der Waals surface area contributed by atoms with Crippen molar-refractivity contribution in [2.24, 2.45) is 5.10 Å². The molecule has 0 aromatic heterocycles. The van der Waals surface area contributed by atoms with Crippen LogP contribution in [-0.4, -0.2) is 55.9 Å². The quantitative estimate of drug-likeness (QED) is 0.851. The lowest BCUT2D eigenvalue weighted by molar-refractivity contribution is -0.120. The summed E-state index contributed by atoms with van der Waals surface area (Å²) in [4.78, 5) is 14.3. The fourth-order valence-electron chi connectivity index (χ4n) is 2.95. The topological polar surface area (TPSA) is 60.0 Å². The second-order valence-corrected chi connectivity index (χ2v) is 6.94. The molecule has 0 saturated carbocycles. The molecule has 2 heterocycles. The molecular weight excluding hydrogens is 349 g/mol. The lowest BCUT2D eigenvalue weighted by atomic mass is 10.2. The number of anilines is 1. The van der Waals surface area contributed by atoms with Crippen LogP contribution in [0.5, 0.6) is 0 Å². The Morgan fingerprint density at radius 3 is 3.00 bits per heavy atom. The highest BCUT2D eigenvalue weighted by atomic mass is 35.5. The van der Waals surface area contributed by atoms with Gasteiger partial charge in [-0.3, -0.25) is 14.7 Å². The van der Waals surface area contributed by atoms with Gasteiger partial charge in [0.25, 0.3) is 0 Å². The maximum absolute atomic E-state index is 12.2. The SMILES string of the molecule is CN(CC(=O)NC1=NN(c2ccc(Cl)c(Cl)c2)CC1)[C@@H]1CCNC1. The van der Waals surface area contributed by atoms with E-state index in [1.807, 2.05) is 18.1 Å². The van der Waals surface area contributed by atoms with Gasteiger partial charge in [-0.2, -0.15) is 5.10 Å². The number of nitrogens with zero attached hydrogens (tertiary/aromatic N) is 3. The zero-order valence-corrected chi connectivity index (χ0v) is 15.1. The van der Waals surface area contributed by atoms with Crippen LogP contribution in [0, 0.1) is 0 Å². The maximum atomic E-state index is 12.2. The summed E-state index contributed by atoms with van der Waals surface area (Å²) in [5.41, 5.74) is 0.864. The predicted octanol–water partition coefficient (Wildman–Crippen LogP) is 1.93. The van der Waals surface area contributed by atoms with E-state index in [4.69, 9.17) is 23.2 Å². The minimum absolute atomic E-state index is 0.0286. The van der Waals surface area contributed by atoms with Gasteiger partial charge in [-0.15, -0.1) is 0 Å². The minimum atomic E-state index is -0.0286. The summed E-state index contributed by atoms with van der Waals surface area (Å²) in [6.45, 7) is 3.03. The summed E-state index contributed by atoms with van der Waals surface area (Å²) in [6, 6.07) is 5.81. The molecule has 24 heavy (non-hydrogen) atoms. The van der Waals surface area contributed by atoms with Gasteiger partial charge in [0.05, 0.1) is 22.3 Å². The highest BCUT2D eigenvalue weighted by molar-refractivity contribution is 6.42. The van der Waals surface area contributed by atoms with Gasteiger partial charge >= 0.3 is 0 Å². The van der Waals surface area contributed by atoms with Crippen molar-refractivity contribution in [3.63, 3.8) is 0 Å². The number of nitrogens with one attached hydrogen (secondary N) is 2. The van der Waals surface area contributed by atoms with Crippen molar-refractivity contribution in [2.75, 3.05) is 38.2 Å². The van der Waals surface area contributed by atoms with E-state index < -0.39 is 0 Å². The second-order valence-electron chi connectivity index (χ2n) is 6.13. The van der Waals surface area contributed by atoms with E-state index in [-0.39, 0.29) is 5.91 Å². The first kappa shape index (κ1) is 17.5. The summed E-state index contributed by atoms with van der Waals surface area (Å²) < 4.78 is 0. The zero-order chi connectivity index (χ0) is 17.1. The van der Waals surface area contributed by atoms with Crippen molar-refractivity contribution >= 4 is 40.6 Å². The van der Waals surface area contributed by atoms with Crippen LogP contribution < -0.4 is 15.6 Å². The number of halogens is 2. The second kappa shape index (κ2) is 7.70. The number of hydrogen-bond donors (Lipinski definition) is 2. The number of benzene rings is 1. The Balaban J connectivity index is 1.55. The van der Waals surface area contributed by atoms with Crippen LogP contribution >= 0.6 is 23.2 Å². The standard InChI is InChI=1S/C16H21Cl2N5O/c1-22(12-4-6-19-9-12)10-16(24)20-15-5-7-23(21-15)11-2-3-13(17)14(18)8-11/h2-3,8,12,19H,4-7,9-10H2,1H3,(H,20,21,24)/t12-/m1/s1. The molecule has 1 aromatic rings. The summed E-state index contributed by atoms with van der Waals surface area (Å²) in [5.74, 6) is 0.656. The van der Waals surface area contributed by atoms with Crippen molar-refractivity contribution in [3.05, 3.63) is 28.2 Å². The maximum Gasteiger partial charge on any atom is 0.239 e. The van der Waals surface area contributed by atoms with E-state index in [9.17, 15) is 4.79 Å². The van der Waals surface area contributed by atoms with Gasteiger partial charge in [-0.25, -0.2) is 0 Å². The molecule has 0 spiro atoms. The number of hydrazone groups is 1. The van der Waals surface area contributed by atoms with Gasteiger partial charge in [0, 0.05) is 25.6 Å². The van der Waals surface area contributed by atoms with Crippen LogP contribution in [0.25, 0.3) is 0 Å². The van der Waals surface area contributed by atoms with E-state index in [1.54, 1.807) is 12.1 Å². The molecule has 2 aliphatic heterocycles. The van der Waals surface area contributed by atoms with Crippen LogP contribution in [-0.2, 0) is 4.79 Å². The van der Waals surface area contributed by atoms with Crippen LogP contribution in [0.2, 0.25) is 10.0 Å². The predicted molar refractivity (Wildman–Crippen MR) is 97.9 cm³/mol. The molecule has 1 aromatic carbocycles. The molecule has 1 amide bonds. The van der Waals surface area contributed by atoms with Gasteiger partial charge in [0.2, 0.25) is 5.91 Å². The fourth-order valence-corrected chi connectivity index (χ4v) is 3.24. The zero-order valence-electron chi connectivity index (χ0n) is 13.6. The van der Waals surface area contributed by atoms with Crippen molar-refractivity contribution < 1.29 is 4.79 Å². The molecule has 6 nitrogen and oxygen atoms in total. The lowest BCUT2D eigenvalue weighted by Crippen LogP contribution is -2.43. The van der Waals surface area contributed by atoms with E-state index >= 15 is 0 Å². The molecule has 8 heteroatoms. The Morgan fingerprint density at radius 2 is 2.29 bits per heavy atom. The van der Waals surface area contributed by atoms with Crippen molar-refractivity contribution in [1.82, 2.24) is 15.5 Å². The first-order valence-electron chi connectivity index (χ1n) is 8.04. The summed E-state index contributed by atoms with van der Waals surface area (Å²) in [6.07, 6.45) is 1.77. The average molecular weight is 370 g/mol. The Labute approximate surface area is 151 Å². The Morgan fingerprint density at radius 1 is 1.46 bits per heavy atom. The van der Waals surface area contributed by atoms with Gasteiger partial charge < -0.3 is 10.6 Å². The molecule has 1 saturated heterocycles. The minimum Gasteiger partial charge on any atom is -0.315 e. The van der Waals surface area contributed by atoms with E-state index in [1.165, 1.54) is 0 Å². The monoisotopic (exact) mass is 369 g/mol. The number of amides is 1.